The van der Waals surface area contributed by atoms with Crippen molar-refractivity contribution in [2.24, 2.45) is 0 Å². The summed E-state index contributed by atoms with van der Waals surface area (Å²) in [5.41, 5.74) is 0.214. The number of piperazine rings is 1. The summed E-state index contributed by atoms with van der Waals surface area (Å²) in [6, 6.07) is 2.06. The molecule has 0 spiro atoms. The number of halogens is 3. The van der Waals surface area contributed by atoms with Crippen LogP contribution in [0.25, 0.3) is 0 Å². The van der Waals surface area contributed by atoms with E-state index >= 15 is 0 Å². The first-order valence-electron chi connectivity index (χ1n) is 5.69. The lowest BCUT2D eigenvalue weighted by molar-refractivity contribution is 0.181. The highest BCUT2D eigenvalue weighted by atomic mass is 19.2. The van der Waals surface area contributed by atoms with E-state index in [4.69, 9.17) is 0 Å². The highest BCUT2D eigenvalue weighted by molar-refractivity contribution is 5.23. The largest absolute Gasteiger partial charge is 0.314 e. The summed E-state index contributed by atoms with van der Waals surface area (Å²) in [5, 5.41) is 3.19. The van der Waals surface area contributed by atoms with Gasteiger partial charge in [0.1, 0.15) is 0 Å². The van der Waals surface area contributed by atoms with E-state index in [2.05, 4.69) is 5.32 Å². The predicted molar refractivity (Wildman–Crippen MR) is 59.2 cm³/mol. The molecule has 5 heteroatoms. The molecule has 2 rings (SSSR count). The summed E-state index contributed by atoms with van der Waals surface area (Å²) in [6.45, 7) is 5.02. The van der Waals surface area contributed by atoms with Gasteiger partial charge in [-0.15, -0.1) is 0 Å². The van der Waals surface area contributed by atoms with Crippen molar-refractivity contribution in [3.8, 4) is 0 Å². The number of nitrogens with one attached hydrogen (secondary N) is 1. The molecule has 1 fully saturated rings. The average Bonchev–Trinajstić information content (AvgIpc) is 2.36. The zero-order valence-electron chi connectivity index (χ0n) is 9.64. The average molecular weight is 244 g/mol. The molecular weight excluding hydrogens is 229 g/mol. The van der Waals surface area contributed by atoms with Crippen molar-refractivity contribution in [2.75, 3.05) is 26.2 Å². The summed E-state index contributed by atoms with van der Waals surface area (Å²) in [6.07, 6.45) is 0. The van der Waals surface area contributed by atoms with Gasteiger partial charge in [0, 0.05) is 37.8 Å². The second kappa shape index (κ2) is 5.06. The van der Waals surface area contributed by atoms with E-state index in [-0.39, 0.29) is 11.6 Å². The van der Waals surface area contributed by atoms with E-state index in [1.807, 2.05) is 4.90 Å². The number of nitrogens with zero attached hydrogens (tertiary/aromatic N) is 1. The van der Waals surface area contributed by atoms with Gasteiger partial charge in [0.05, 0.1) is 0 Å². The van der Waals surface area contributed by atoms with Crippen LogP contribution in [0.3, 0.4) is 0 Å². The second-order valence-electron chi connectivity index (χ2n) is 4.23. The molecule has 1 N–H and O–H groups in total. The van der Waals surface area contributed by atoms with Crippen LogP contribution in [-0.2, 0) is 0 Å². The van der Waals surface area contributed by atoms with Crippen LogP contribution in [0.5, 0.6) is 0 Å². The van der Waals surface area contributed by atoms with E-state index in [9.17, 15) is 13.2 Å². The molecule has 94 valence electrons. The lowest BCUT2D eigenvalue weighted by Gasteiger charge is -2.33. The molecule has 1 heterocycles. The van der Waals surface area contributed by atoms with Gasteiger partial charge in [-0.05, 0) is 13.0 Å². The first kappa shape index (κ1) is 12.4. The van der Waals surface area contributed by atoms with Crippen molar-refractivity contribution >= 4 is 0 Å². The van der Waals surface area contributed by atoms with E-state index in [1.165, 1.54) is 6.07 Å². The quantitative estimate of drug-likeness (QED) is 0.801. The first-order chi connectivity index (χ1) is 8.11. The number of rotatable bonds is 2. The highest BCUT2D eigenvalue weighted by Crippen LogP contribution is 2.25. The Bertz CT molecular complexity index is 403. The minimum absolute atomic E-state index is 0.214. The van der Waals surface area contributed by atoms with E-state index < -0.39 is 17.5 Å². The third-order valence-electron chi connectivity index (χ3n) is 3.21. The maximum Gasteiger partial charge on any atom is 0.194 e. The lowest BCUT2D eigenvalue weighted by Crippen LogP contribution is -2.44. The Morgan fingerprint density at radius 1 is 1.12 bits per heavy atom. The Hall–Kier alpha value is -1.07. The van der Waals surface area contributed by atoms with Crippen molar-refractivity contribution in [3.05, 3.63) is 35.1 Å². The van der Waals surface area contributed by atoms with Crippen molar-refractivity contribution in [3.63, 3.8) is 0 Å². The minimum atomic E-state index is -1.38. The maximum atomic E-state index is 13.6. The van der Waals surface area contributed by atoms with Crippen LogP contribution in [-0.4, -0.2) is 31.1 Å². The van der Waals surface area contributed by atoms with Gasteiger partial charge in [-0.1, -0.05) is 6.07 Å². The summed E-state index contributed by atoms with van der Waals surface area (Å²) in [5.74, 6) is -3.60. The summed E-state index contributed by atoms with van der Waals surface area (Å²) in [7, 11) is 0. The van der Waals surface area contributed by atoms with Crippen LogP contribution in [0.1, 0.15) is 18.5 Å². The molecule has 0 aliphatic carbocycles. The second-order valence-corrected chi connectivity index (χ2v) is 4.23. The smallest absolute Gasteiger partial charge is 0.194 e. The number of hydrogen-bond acceptors (Lipinski definition) is 2. The van der Waals surface area contributed by atoms with Gasteiger partial charge in [0.15, 0.2) is 17.5 Å². The SMILES string of the molecule is C[C@H](c1ccc(F)c(F)c1F)N1CCNCC1. The van der Waals surface area contributed by atoms with Crippen LogP contribution >= 0.6 is 0 Å². The molecule has 0 amide bonds. The fourth-order valence-electron chi connectivity index (χ4n) is 2.13. The van der Waals surface area contributed by atoms with Crippen molar-refractivity contribution in [1.29, 1.82) is 0 Å². The van der Waals surface area contributed by atoms with Crippen LogP contribution in [0.15, 0.2) is 12.1 Å². The minimum Gasteiger partial charge on any atom is -0.314 e. The van der Waals surface area contributed by atoms with Crippen LogP contribution < -0.4 is 5.32 Å². The predicted octanol–water partition coefficient (Wildman–Crippen LogP) is 2.07. The van der Waals surface area contributed by atoms with Gasteiger partial charge >= 0.3 is 0 Å². The molecule has 1 aromatic carbocycles. The molecule has 0 radical (unpaired) electrons. The molecule has 2 nitrogen and oxygen atoms in total. The molecule has 0 aromatic heterocycles. The monoisotopic (exact) mass is 244 g/mol. The van der Waals surface area contributed by atoms with Crippen molar-refractivity contribution < 1.29 is 13.2 Å². The standard InChI is InChI=1S/C12H15F3N2/c1-8(17-6-4-16-5-7-17)9-2-3-10(13)12(15)11(9)14/h2-3,8,16H,4-7H2,1H3/t8-/m1/s1. The van der Waals surface area contributed by atoms with Crippen LogP contribution in [0.2, 0.25) is 0 Å². The molecule has 1 aliphatic rings. The van der Waals surface area contributed by atoms with Crippen LogP contribution in [0, 0.1) is 17.5 Å². The van der Waals surface area contributed by atoms with Gasteiger partial charge in [0.2, 0.25) is 0 Å². The summed E-state index contributed by atoms with van der Waals surface area (Å²) >= 11 is 0. The molecule has 1 aromatic rings. The first-order valence-corrected chi connectivity index (χ1v) is 5.69. The molecular formula is C12H15F3N2. The summed E-state index contributed by atoms with van der Waals surface area (Å²) < 4.78 is 39.6. The van der Waals surface area contributed by atoms with Gasteiger partial charge in [-0.25, -0.2) is 13.2 Å². The Balaban J connectivity index is 2.24. The molecule has 0 unspecified atom stereocenters. The Morgan fingerprint density at radius 2 is 1.76 bits per heavy atom. The molecule has 0 bridgehead atoms. The molecule has 17 heavy (non-hydrogen) atoms. The fraction of sp³-hybridized carbons (Fsp3) is 0.500. The third kappa shape index (κ3) is 2.45. The van der Waals surface area contributed by atoms with Crippen molar-refractivity contribution in [1.82, 2.24) is 10.2 Å². The lowest BCUT2D eigenvalue weighted by atomic mass is 10.1. The molecule has 1 saturated heterocycles. The van der Waals surface area contributed by atoms with E-state index in [0.717, 1.165) is 32.2 Å². The third-order valence-corrected chi connectivity index (χ3v) is 3.21. The topological polar surface area (TPSA) is 15.3 Å². The van der Waals surface area contributed by atoms with Gasteiger partial charge in [-0.2, -0.15) is 0 Å². The zero-order chi connectivity index (χ0) is 12.4. The van der Waals surface area contributed by atoms with Gasteiger partial charge < -0.3 is 5.32 Å². The fourth-order valence-corrected chi connectivity index (χ4v) is 2.13. The maximum absolute atomic E-state index is 13.6. The highest BCUT2D eigenvalue weighted by Gasteiger charge is 2.23. The van der Waals surface area contributed by atoms with Crippen LogP contribution in [0.4, 0.5) is 13.2 Å². The zero-order valence-corrected chi connectivity index (χ0v) is 9.64. The number of benzene rings is 1. The van der Waals surface area contributed by atoms with Crippen molar-refractivity contribution in [2.45, 2.75) is 13.0 Å². The molecule has 1 aliphatic heterocycles. The Kier molecular flexibility index (Phi) is 3.69. The van der Waals surface area contributed by atoms with E-state index in [0.29, 0.717) is 0 Å². The Labute approximate surface area is 98.4 Å². The summed E-state index contributed by atoms with van der Waals surface area (Å²) in [4.78, 5) is 2.05. The van der Waals surface area contributed by atoms with Gasteiger partial charge in [-0.3, -0.25) is 4.90 Å². The Morgan fingerprint density at radius 3 is 2.41 bits per heavy atom. The number of hydrogen-bond donors (Lipinski definition) is 1. The van der Waals surface area contributed by atoms with Gasteiger partial charge in [0.25, 0.3) is 0 Å². The van der Waals surface area contributed by atoms with E-state index in [1.54, 1.807) is 6.92 Å². The molecule has 1 atom stereocenters. The molecule has 0 saturated carbocycles. The normalized spacial score (nSPS) is 19.3.